The third-order valence-electron chi connectivity index (χ3n) is 4.47. The average Bonchev–Trinajstić information content (AvgIpc) is 2.85. The van der Waals surface area contributed by atoms with Crippen molar-refractivity contribution in [3.8, 4) is 0 Å². The smallest absolute Gasteiger partial charge is 0.303 e. The number of hydrogen-bond donors (Lipinski definition) is 2. The minimum atomic E-state index is -0.903. The van der Waals surface area contributed by atoms with Crippen LogP contribution in [0, 0.1) is 19.8 Å². The summed E-state index contributed by atoms with van der Waals surface area (Å²) in [4.78, 5) is 37.6. The van der Waals surface area contributed by atoms with Gasteiger partial charge in [-0.2, -0.15) is 0 Å². The summed E-state index contributed by atoms with van der Waals surface area (Å²) in [6.07, 6.45) is 0.753. The zero-order chi connectivity index (χ0) is 18.8. The van der Waals surface area contributed by atoms with Crippen LogP contribution in [-0.2, 0) is 14.4 Å². The number of carbonyl (C=O) groups excluding carboxylic acids is 2. The molecule has 2 N–H and O–H groups in total. The second-order valence-corrected chi connectivity index (χ2v) is 7.44. The summed E-state index contributed by atoms with van der Waals surface area (Å²) in [6, 6.07) is 5.93. The highest BCUT2D eigenvalue weighted by atomic mass is 16.4. The van der Waals surface area contributed by atoms with Crippen LogP contribution in [0.5, 0.6) is 0 Å². The molecule has 0 bridgehead atoms. The number of amides is 2. The highest BCUT2D eigenvalue weighted by Gasteiger charge is 2.39. The normalized spacial score (nSPS) is 17.7. The molecule has 136 valence electrons. The lowest BCUT2D eigenvalue weighted by molar-refractivity contribution is -0.138. The van der Waals surface area contributed by atoms with Gasteiger partial charge in [-0.05, 0) is 63.8 Å². The van der Waals surface area contributed by atoms with E-state index in [0.717, 1.165) is 16.8 Å². The first kappa shape index (κ1) is 19.0. The number of rotatable bonds is 6. The number of carbonyl (C=O) groups is 3. The van der Waals surface area contributed by atoms with Gasteiger partial charge in [0, 0.05) is 24.2 Å². The molecular formula is C19H26N2O4. The van der Waals surface area contributed by atoms with Gasteiger partial charge in [0.05, 0.1) is 0 Å². The first-order chi connectivity index (χ1) is 11.6. The van der Waals surface area contributed by atoms with E-state index in [0.29, 0.717) is 19.4 Å². The third-order valence-corrected chi connectivity index (χ3v) is 4.47. The fourth-order valence-corrected chi connectivity index (χ4v) is 3.19. The Bertz CT molecular complexity index is 676. The maximum atomic E-state index is 12.7. The summed E-state index contributed by atoms with van der Waals surface area (Å²) < 4.78 is 0. The number of benzene rings is 1. The van der Waals surface area contributed by atoms with E-state index < -0.39 is 17.4 Å². The quantitative estimate of drug-likeness (QED) is 0.775. The number of nitrogens with one attached hydrogen (secondary N) is 1. The highest BCUT2D eigenvalue weighted by Crippen LogP contribution is 2.27. The predicted molar refractivity (Wildman–Crippen MR) is 95.5 cm³/mol. The molecule has 1 atom stereocenters. The minimum Gasteiger partial charge on any atom is -0.481 e. The Labute approximate surface area is 148 Å². The molecule has 1 fully saturated rings. The lowest BCUT2D eigenvalue weighted by Crippen LogP contribution is -2.48. The second-order valence-electron chi connectivity index (χ2n) is 7.44. The first-order valence-electron chi connectivity index (χ1n) is 8.52. The molecule has 1 aromatic rings. The van der Waals surface area contributed by atoms with Crippen molar-refractivity contribution in [3.63, 3.8) is 0 Å². The van der Waals surface area contributed by atoms with Gasteiger partial charge in [0.15, 0.2) is 0 Å². The number of nitrogens with zero attached hydrogens (tertiary/aromatic N) is 1. The summed E-state index contributed by atoms with van der Waals surface area (Å²) in [7, 11) is 0. The van der Waals surface area contributed by atoms with E-state index in [-0.39, 0.29) is 18.2 Å². The van der Waals surface area contributed by atoms with E-state index in [1.54, 1.807) is 18.7 Å². The second kappa shape index (κ2) is 7.25. The number of anilines is 1. The van der Waals surface area contributed by atoms with Gasteiger partial charge in [0.2, 0.25) is 11.8 Å². The molecule has 25 heavy (non-hydrogen) atoms. The Morgan fingerprint density at radius 3 is 2.40 bits per heavy atom. The molecule has 2 amide bonds. The highest BCUT2D eigenvalue weighted by molar-refractivity contribution is 6.09. The molecule has 1 unspecified atom stereocenters. The minimum absolute atomic E-state index is 0.0272. The van der Waals surface area contributed by atoms with Gasteiger partial charge >= 0.3 is 5.97 Å². The van der Waals surface area contributed by atoms with Crippen molar-refractivity contribution in [2.24, 2.45) is 5.92 Å². The van der Waals surface area contributed by atoms with E-state index in [4.69, 9.17) is 5.11 Å². The molecule has 0 spiro atoms. The number of carboxylic acids is 1. The zero-order valence-corrected chi connectivity index (χ0v) is 15.3. The number of aryl methyl sites for hydroxylation is 2. The zero-order valence-electron chi connectivity index (χ0n) is 15.3. The van der Waals surface area contributed by atoms with Crippen LogP contribution in [0.2, 0.25) is 0 Å². The van der Waals surface area contributed by atoms with Crippen molar-refractivity contribution in [3.05, 3.63) is 29.3 Å². The summed E-state index contributed by atoms with van der Waals surface area (Å²) in [5.41, 5.74) is 2.31. The maximum absolute atomic E-state index is 12.7. The van der Waals surface area contributed by atoms with Crippen molar-refractivity contribution in [2.45, 2.75) is 52.5 Å². The summed E-state index contributed by atoms with van der Waals surface area (Å²) >= 11 is 0. The van der Waals surface area contributed by atoms with E-state index in [2.05, 4.69) is 5.32 Å². The fourth-order valence-electron chi connectivity index (χ4n) is 3.19. The Morgan fingerprint density at radius 1 is 1.24 bits per heavy atom. The van der Waals surface area contributed by atoms with Crippen LogP contribution >= 0.6 is 0 Å². The van der Waals surface area contributed by atoms with Crippen LogP contribution in [0.3, 0.4) is 0 Å². The lowest BCUT2D eigenvalue weighted by atomic mass is 9.96. The topological polar surface area (TPSA) is 86.7 Å². The molecule has 1 aliphatic rings. The Morgan fingerprint density at radius 2 is 1.84 bits per heavy atom. The standard InChI is InChI=1S/C19H26N2O4/c1-12-9-13(2)11-14(10-12)21-8-6-15(18(21)25)17(24)20-19(3,4)7-5-16(22)23/h9-11,15H,5-8H2,1-4H3,(H,20,24)(H,22,23). The summed E-state index contributed by atoms with van der Waals surface area (Å²) in [5.74, 6) is -2.14. The molecule has 1 heterocycles. The van der Waals surface area contributed by atoms with Crippen LogP contribution in [0.15, 0.2) is 18.2 Å². The first-order valence-corrected chi connectivity index (χ1v) is 8.52. The molecule has 0 aromatic heterocycles. The van der Waals surface area contributed by atoms with Gasteiger partial charge in [-0.25, -0.2) is 0 Å². The van der Waals surface area contributed by atoms with Crippen molar-refractivity contribution in [2.75, 3.05) is 11.4 Å². The van der Waals surface area contributed by atoms with Gasteiger partial charge in [0.1, 0.15) is 5.92 Å². The fraction of sp³-hybridized carbons (Fsp3) is 0.526. The van der Waals surface area contributed by atoms with Crippen molar-refractivity contribution in [1.82, 2.24) is 5.32 Å². The van der Waals surface area contributed by atoms with Gasteiger partial charge < -0.3 is 15.3 Å². The molecule has 0 aliphatic carbocycles. The van der Waals surface area contributed by atoms with Crippen molar-refractivity contribution >= 4 is 23.5 Å². The van der Waals surface area contributed by atoms with Gasteiger partial charge in [-0.1, -0.05) is 6.07 Å². The number of aliphatic carboxylic acids is 1. The molecule has 1 aliphatic heterocycles. The largest absolute Gasteiger partial charge is 0.481 e. The molecule has 1 saturated heterocycles. The molecule has 2 rings (SSSR count). The van der Waals surface area contributed by atoms with E-state index in [1.807, 2.05) is 32.0 Å². The maximum Gasteiger partial charge on any atom is 0.303 e. The van der Waals surface area contributed by atoms with Gasteiger partial charge in [0.25, 0.3) is 0 Å². The predicted octanol–water partition coefficient (Wildman–Crippen LogP) is 2.42. The summed E-state index contributed by atoms with van der Waals surface area (Å²) in [5, 5.41) is 11.6. The van der Waals surface area contributed by atoms with E-state index in [1.165, 1.54) is 0 Å². The summed E-state index contributed by atoms with van der Waals surface area (Å²) in [6.45, 7) is 8.01. The lowest BCUT2D eigenvalue weighted by Gasteiger charge is -2.27. The van der Waals surface area contributed by atoms with Crippen LogP contribution in [0.1, 0.15) is 44.2 Å². The monoisotopic (exact) mass is 346 g/mol. The van der Waals surface area contributed by atoms with E-state index >= 15 is 0 Å². The van der Waals surface area contributed by atoms with Crippen LogP contribution in [0.4, 0.5) is 5.69 Å². The van der Waals surface area contributed by atoms with Crippen molar-refractivity contribution in [1.29, 1.82) is 0 Å². The van der Waals surface area contributed by atoms with Crippen LogP contribution < -0.4 is 10.2 Å². The Balaban J connectivity index is 2.05. The number of hydrogen-bond acceptors (Lipinski definition) is 3. The Hall–Kier alpha value is -2.37. The van der Waals surface area contributed by atoms with Crippen LogP contribution in [0.25, 0.3) is 0 Å². The molecule has 0 saturated carbocycles. The van der Waals surface area contributed by atoms with Crippen LogP contribution in [-0.4, -0.2) is 35.0 Å². The van der Waals surface area contributed by atoms with Gasteiger partial charge in [-0.15, -0.1) is 0 Å². The van der Waals surface area contributed by atoms with E-state index in [9.17, 15) is 14.4 Å². The third kappa shape index (κ3) is 4.81. The SMILES string of the molecule is Cc1cc(C)cc(N2CCC(C(=O)NC(C)(C)CCC(=O)O)C2=O)c1. The van der Waals surface area contributed by atoms with Gasteiger partial charge in [-0.3, -0.25) is 14.4 Å². The van der Waals surface area contributed by atoms with Crippen molar-refractivity contribution < 1.29 is 19.5 Å². The molecule has 1 aromatic carbocycles. The average molecular weight is 346 g/mol. The number of carboxylic acid groups (broad SMARTS) is 1. The molecular weight excluding hydrogens is 320 g/mol. The molecule has 6 nitrogen and oxygen atoms in total. The molecule has 0 radical (unpaired) electrons. The Kier molecular flexibility index (Phi) is 5.50. The molecule has 6 heteroatoms.